The average molecular weight is 190 g/mol. The molecule has 0 saturated carbocycles. The van der Waals surface area contributed by atoms with Crippen LogP contribution in [0.15, 0.2) is 18.9 Å². The van der Waals surface area contributed by atoms with E-state index < -0.39 is 0 Å². The summed E-state index contributed by atoms with van der Waals surface area (Å²) in [6.45, 7) is 11.6. The Balaban J connectivity index is 0.000000791. The summed E-state index contributed by atoms with van der Waals surface area (Å²) in [5.74, 6) is 0. The first-order valence-corrected chi connectivity index (χ1v) is 4.87. The highest BCUT2D eigenvalue weighted by Gasteiger charge is 1.99. The van der Waals surface area contributed by atoms with Crippen LogP contribution in [0.2, 0.25) is 0 Å². The molecule has 0 N–H and O–H groups in total. The molecule has 0 spiro atoms. The summed E-state index contributed by atoms with van der Waals surface area (Å²) in [4.78, 5) is 0. The maximum atomic E-state index is 3.96. The van der Waals surface area contributed by atoms with Crippen molar-refractivity contribution >= 4 is 12.2 Å². The van der Waals surface area contributed by atoms with Gasteiger partial charge in [-0.2, -0.15) is 10.2 Å². The van der Waals surface area contributed by atoms with Crippen LogP contribution in [0.3, 0.4) is 0 Å². The third-order valence-corrected chi connectivity index (χ3v) is 1.66. The monoisotopic (exact) mass is 190 g/mol. The van der Waals surface area contributed by atoms with Crippen LogP contribution < -0.4 is 0 Å². The molecule has 0 atom stereocenters. The molecule has 0 bridgehead atoms. The van der Waals surface area contributed by atoms with E-state index in [0.717, 1.165) is 16.8 Å². The molecule has 1 heterocycles. The highest BCUT2D eigenvalue weighted by molar-refractivity contribution is 5.64. The van der Waals surface area contributed by atoms with Crippen molar-refractivity contribution < 1.29 is 0 Å². The lowest BCUT2D eigenvalue weighted by Crippen LogP contribution is -1.93. The van der Waals surface area contributed by atoms with Crippen LogP contribution in [0.4, 0.5) is 0 Å². The average Bonchev–Trinajstić information content (AvgIpc) is 2.24. The van der Waals surface area contributed by atoms with Crippen LogP contribution in [0.1, 0.15) is 37.6 Å². The zero-order valence-electron chi connectivity index (χ0n) is 9.41. The van der Waals surface area contributed by atoms with E-state index in [1.54, 1.807) is 12.3 Å². The molecule has 0 radical (unpaired) electrons. The molecule has 1 aromatic heterocycles. The van der Waals surface area contributed by atoms with E-state index in [2.05, 4.69) is 16.8 Å². The summed E-state index contributed by atoms with van der Waals surface area (Å²) in [6.07, 6.45) is 7.50. The summed E-state index contributed by atoms with van der Waals surface area (Å²) >= 11 is 0. The van der Waals surface area contributed by atoms with Gasteiger partial charge >= 0.3 is 0 Å². The quantitative estimate of drug-likeness (QED) is 0.713. The van der Waals surface area contributed by atoms with E-state index >= 15 is 0 Å². The summed E-state index contributed by atoms with van der Waals surface area (Å²) in [5.41, 5.74) is 3.06. The van der Waals surface area contributed by atoms with Crippen LogP contribution in [-0.4, -0.2) is 10.2 Å². The fraction of sp³-hybridized carbons (Fsp3) is 0.333. The van der Waals surface area contributed by atoms with Gasteiger partial charge in [-0.3, -0.25) is 0 Å². The third-order valence-electron chi connectivity index (χ3n) is 1.66. The minimum atomic E-state index is 0.936. The summed E-state index contributed by atoms with van der Waals surface area (Å²) in [7, 11) is 0. The lowest BCUT2D eigenvalue weighted by atomic mass is 10.1. The third kappa shape index (κ3) is 3.13. The first kappa shape index (κ1) is 12.6. The predicted octanol–water partition coefficient (Wildman–Crippen LogP) is 3.49. The van der Waals surface area contributed by atoms with Crippen molar-refractivity contribution in [1.29, 1.82) is 0 Å². The van der Waals surface area contributed by atoms with Gasteiger partial charge in [-0.1, -0.05) is 38.7 Å². The molecule has 2 nitrogen and oxygen atoms in total. The van der Waals surface area contributed by atoms with Gasteiger partial charge in [0.05, 0.1) is 11.9 Å². The lowest BCUT2D eigenvalue weighted by molar-refractivity contribution is 0.971. The van der Waals surface area contributed by atoms with Crippen molar-refractivity contribution in [3.05, 3.63) is 35.7 Å². The number of allylic oxidation sites excluding steroid dienone is 1. The van der Waals surface area contributed by atoms with Crippen LogP contribution in [0.25, 0.3) is 12.2 Å². The molecular formula is C12H18N2. The fourth-order valence-electron chi connectivity index (χ4n) is 1.06. The Labute approximate surface area is 86.4 Å². The van der Waals surface area contributed by atoms with Crippen molar-refractivity contribution in [2.24, 2.45) is 0 Å². The SMILES string of the molecule is C=Cc1cnnc(C)c1/C=C\C.CC. The molecule has 76 valence electrons. The van der Waals surface area contributed by atoms with Crippen molar-refractivity contribution in [3.8, 4) is 0 Å². The number of hydrogen-bond donors (Lipinski definition) is 0. The van der Waals surface area contributed by atoms with Crippen LogP contribution in [0, 0.1) is 6.92 Å². The van der Waals surface area contributed by atoms with Crippen LogP contribution >= 0.6 is 0 Å². The molecule has 1 rings (SSSR count). The minimum Gasteiger partial charge on any atom is -0.158 e. The Morgan fingerprint density at radius 1 is 1.36 bits per heavy atom. The summed E-state index contributed by atoms with van der Waals surface area (Å²) in [5, 5.41) is 7.80. The summed E-state index contributed by atoms with van der Waals surface area (Å²) < 4.78 is 0. The molecular weight excluding hydrogens is 172 g/mol. The standard InChI is InChI=1S/C10H12N2.C2H6/c1-4-6-10-8(3)12-11-7-9(10)5-2;1-2/h4-7H,2H2,1,3H3;1-2H3/b6-4-;. The molecule has 0 fully saturated rings. The maximum Gasteiger partial charge on any atom is 0.0678 e. The second-order valence-corrected chi connectivity index (χ2v) is 2.50. The van der Waals surface area contributed by atoms with E-state index in [1.165, 1.54) is 0 Å². The van der Waals surface area contributed by atoms with Gasteiger partial charge in [-0.15, -0.1) is 0 Å². The Morgan fingerprint density at radius 2 is 2.00 bits per heavy atom. The number of nitrogens with zero attached hydrogens (tertiary/aromatic N) is 2. The van der Waals surface area contributed by atoms with Gasteiger partial charge < -0.3 is 0 Å². The Hall–Kier alpha value is -1.44. The van der Waals surface area contributed by atoms with Gasteiger partial charge in [0.15, 0.2) is 0 Å². The first-order chi connectivity index (χ1) is 6.79. The second kappa shape index (κ2) is 7.01. The Bertz CT molecular complexity index is 314. The van der Waals surface area contributed by atoms with Gasteiger partial charge in [0, 0.05) is 11.1 Å². The molecule has 0 amide bonds. The predicted molar refractivity (Wildman–Crippen MR) is 62.9 cm³/mol. The smallest absolute Gasteiger partial charge is 0.0678 e. The van der Waals surface area contributed by atoms with Gasteiger partial charge in [0.1, 0.15) is 0 Å². The van der Waals surface area contributed by atoms with Crippen molar-refractivity contribution in [1.82, 2.24) is 10.2 Å². The zero-order chi connectivity index (χ0) is 11.0. The lowest BCUT2D eigenvalue weighted by Gasteiger charge is -2.01. The molecule has 0 aliphatic rings. The largest absolute Gasteiger partial charge is 0.158 e. The van der Waals surface area contributed by atoms with Crippen molar-refractivity contribution in [2.75, 3.05) is 0 Å². The normalized spacial score (nSPS) is 9.43. The molecule has 14 heavy (non-hydrogen) atoms. The number of aryl methyl sites for hydroxylation is 1. The van der Waals surface area contributed by atoms with Crippen LogP contribution in [-0.2, 0) is 0 Å². The van der Waals surface area contributed by atoms with Gasteiger partial charge in [0.25, 0.3) is 0 Å². The first-order valence-electron chi connectivity index (χ1n) is 4.87. The number of aromatic nitrogens is 2. The zero-order valence-corrected chi connectivity index (χ0v) is 9.41. The molecule has 0 aliphatic heterocycles. The molecule has 0 unspecified atom stereocenters. The van der Waals surface area contributed by atoms with Crippen LogP contribution in [0.5, 0.6) is 0 Å². The topological polar surface area (TPSA) is 25.8 Å². The van der Waals surface area contributed by atoms with E-state index in [-0.39, 0.29) is 0 Å². The number of rotatable bonds is 2. The van der Waals surface area contributed by atoms with E-state index in [0.29, 0.717) is 0 Å². The van der Waals surface area contributed by atoms with E-state index in [9.17, 15) is 0 Å². The molecule has 0 aliphatic carbocycles. The molecule has 0 saturated heterocycles. The Kier molecular flexibility index (Phi) is 6.29. The maximum absolute atomic E-state index is 3.96. The van der Waals surface area contributed by atoms with Gasteiger partial charge in [-0.05, 0) is 13.8 Å². The Morgan fingerprint density at radius 3 is 2.50 bits per heavy atom. The van der Waals surface area contributed by atoms with Crippen molar-refractivity contribution in [2.45, 2.75) is 27.7 Å². The highest BCUT2D eigenvalue weighted by atomic mass is 15.1. The van der Waals surface area contributed by atoms with Crippen molar-refractivity contribution in [3.63, 3.8) is 0 Å². The minimum absolute atomic E-state index is 0.936. The highest BCUT2D eigenvalue weighted by Crippen LogP contribution is 2.13. The van der Waals surface area contributed by atoms with E-state index in [1.807, 2.05) is 39.8 Å². The molecule has 2 heteroatoms. The number of hydrogen-bond acceptors (Lipinski definition) is 2. The molecule has 0 aromatic carbocycles. The fourth-order valence-corrected chi connectivity index (χ4v) is 1.06. The van der Waals surface area contributed by atoms with E-state index in [4.69, 9.17) is 0 Å². The summed E-state index contributed by atoms with van der Waals surface area (Å²) in [6, 6.07) is 0. The van der Waals surface area contributed by atoms with Gasteiger partial charge in [0.2, 0.25) is 0 Å². The van der Waals surface area contributed by atoms with Gasteiger partial charge in [-0.25, -0.2) is 0 Å². The molecule has 1 aromatic rings. The second-order valence-electron chi connectivity index (χ2n) is 2.50.